The zero-order valence-electron chi connectivity index (χ0n) is 15.2. The quantitative estimate of drug-likeness (QED) is 0.491. The fourth-order valence-electron chi connectivity index (χ4n) is 2.67. The number of nitrogens with one attached hydrogen (secondary N) is 3. The van der Waals surface area contributed by atoms with Crippen LogP contribution in [0.4, 0.5) is 5.69 Å². The summed E-state index contributed by atoms with van der Waals surface area (Å²) < 4.78 is 0. The van der Waals surface area contributed by atoms with Crippen LogP contribution in [0.25, 0.3) is 12.2 Å². The molecule has 0 spiro atoms. The standard InChI is InChI=1S/C19H20ClN5O2/c1-19(2,3)16-13(22-9-23-16)8-15-18(27)24-14(17(26)25-15)7-10-6-11(20)4-5-12(10)21/h4-9H,21H2,1-3H3,(H,22,23)(H,24,27)(H,25,26). The molecule has 7 nitrogen and oxygen atoms in total. The highest BCUT2D eigenvalue weighted by molar-refractivity contribution is 6.30. The number of imidazole rings is 1. The predicted molar refractivity (Wildman–Crippen MR) is 107 cm³/mol. The first-order valence-corrected chi connectivity index (χ1v) is 8.68. The van der Waals surface area contributed by atoms with E-state index in [0.29, 0.717) is 22.0 Å². The van der Waals surface area contributed by atoms with Crippen LogP contribution in [-0.4, -0.2) is 19.9 Å². The van der Waals surface area contributed by atoms with E-state index in [1.807, 2.05) is 20.8 Å². The summed E-state index contributed by atoms with van der Waals surface area (Å²) in [6.45, 7) is 6.08. The van der Waals surface area contributed by atoms with E-state index in [9.17, 15) is 9.59 Å². The van der Waals surface area contributed by atoms with Crippen molar-refractivity contribution in [2.75, 3.05) is 5.73 Å². The maximum atomic E-state index is 12.4. The summed E-state index contributed by atoms with van der Waals surface area (Å²) in [7, 11) is 0. The summed E-state index contributed by atoms with van der Waals surface area (Å²) in [5.74, 6) is 0. The molecule has 2 heterocycles. The van der Waals surface area contributed by atoms with E-state index in [4.69, 9.17) is 17.3 Å². The highest BCUT2D eigenvalue weighted by Gasteiger charge is 2.19. The lowest BCUT2D eigenvalue weighted by Gasteiger charge is -2.16. The summed E-state index contributed by atoms with van der Waals surface area (Å²) in [6.07, 6.45) is 4.60. The fourth-order valence-corrected chi connectivity index (χ4v) is 2.85. The molecule has 0 saturated carbocycles. The molecule has 0 aliphatic rings. The van der Waals surface area contributed by atoms with Crippen molar-refractivity contribution >= 4 is 29.4 Å². The van der Waals surface area contributed by atoms with E-state index in [2.05, 4.69) is 19.9 Å². The minimum absolute atomic E-state index is 0.0872. The summed E-state index contributed by atoms with van der Waals surface area (Å²) in [4.78, 5) is 37.4. The SMILES string of the molecule is CC(C)(C)c1[nH]cnc1C=c1[nH]c(=O)c(=Cc2cc(Cl)ccc2N)[nH]c1=O. The Balaban J connectivity index is 2.16. The van der Waals surface area contributed by atoms with Crippen molar-refractivity contribution in [3.8, 4) is 0 Å². The molecule has 0 saturated heterocycles. The number of nitrogens with two attached hydrogens (primary N) is 1. The lowest BCUT2D eigenvalue weighted by molar-refractivity contribution is 0.571. The molecule has 0 amide bonds. The van der Waals surface area contributed by atoms with Crippen LogP contribution < -0.4 is 27.6 Å². The molecule has 0 aliphatic heterocycles. The van der Waals surface area contributed by atoms with E-state index >= 15 is 0 Å². The van der Waals surface area contributed by atoms with Crippen LogP contribution in [0.15, 0.2) is 34.1 Å². The van der Waals surface area contributed by atoms with Gasteiger partial charge >= 0.3 is 0 Å². The number of hydrogen-bond donors (Lipinski definition) is 4. The van der Waals surface area contributed by atoms with Gasteiger partial charge in [-0.2, -0.15) is 0 Å². The van der Waals surface area contributed by atoms with Crippen LogP contribution in [0.5, 0.6) is 0 Å². The molecule has 0 aliphatic carbocycles. The molecule has 3 rings (SSSR count). The normalized spacial score (nSPS) is 13.3. The monoisotopic (exact) mass is 385 g/mol. The van der Waals surface area contributed by atoms with Crippen molar-refractivity contribution in [2.45, 2.75) is 26.2 Å². The number of aromatic nitrogens is 4. The van der Waals surface area contributed by atoms with Crippen LogP contribution in [0.3, 0.4) is 0 Å². The number of nitrogens with zero attached hydrogens (tertiary/aromatic N) is 1. The molecule has 3 aromatic rings. The van der Waals surface area contributed by atoms with Crippen molar-refractivity contribution in [1.82, 2.24) is 19.9 Å². The Labute approximate surface area is 159 Å². The molecule has 0 radical (unpaired) electrons. The number of H-pyrrole nitrogens is 3. The van der Waals surface area contributed by atoms with Gasteiger partial charge < -0.3 is 20.7 Å². The molecule has 8 heteroatoms. The van der Waals surface area contributed by atoms with E-state index in [1.54, 1.807) is 30.6 Å². The predicted octanol–water partition coefficient (Wildman–Crippen LogP) is 0.977. The van der Waals surface area contributed by atoms with Gasteiger partial charge in [0.25, 0.3) is 11.1 Å². The minimum atomic E-state index is -0.451. The second kappa shape index (κ2) is 6.92. The second-order valence-electron chi connectivity index (χ2n) is 7.21. The Morgan fingerprint density at radius 1 is 1.07 bits per heavy atom. The molecular weight excluding hydrogens is 366 g/mol. The maximum Gasteiger partial charge on any atom is 0.272 e. The Morgan fingerprint density at radius 2 is 1.70 bits per heavy atom. The fraction of sp³-hybridized carbons (Fsp3) is 0.211. The van der Waals surface area contributed by atoms with Gasteiger partial charge in [0, 0.05) is 27.4 Å². The Kier molecular flexibility index (Phi) is 4.80. The lowest BCUT2D eigenvalue weighted by Crippen LogP contribution is -2.46. The number of anilines is 1. The van der Waals surface area contributed by atoms with E-state index < -0.39 is 11.1 Å². The third kappa shape index (κ3) is 4.03. The average molecular weight is 386 g/mol. The minimum Gasteiger partial charge on any atom is -0.398 e. The molecule has 27 heavy (non-hydrogen) atoms. The molecule has 5 N–H and O–H groups in total. The average Bonchev–Trinajstić information content (AvgIpc) is 3.04. The number of rotatable bonds is 2. The Hall–Kier alpha value is -3.06. The topological polar surface area (TPSA) is 120 Å². The van der Waals surface area contributed by atoms with Gasteiger partial charge in [0.15, 0.2) is 0 Å². The third-order valence-corrected chi connectivity index (χ3v) is 4.27. The summed E-state index contributed by atoms with van der Waals surface area (Å²) >= 11 is 5.96. The number of halogens is 1. The van der Waals surface area contributed by atoms with Crippen LogP contribution in [0.2, 0.25) is 5.02 Å². The lowest BCUT2D eigenvalue weighted by atomic mass is 9.90. The molecule has 2 aromatic heterocycles. The van der Waals surface area contributed by atoms with Crippen LogP contribution in [-0.2, 0) is 5.41 Å². The van der Waals surface area contributed by atoms with Gasteiger partial charge in [0.2, 0.25) is 0 Å². The third-order valence-electron chi connectivity index (χ3n) is 4.03. The van der Waals surface area contributed by atoms with Gasteiger partial charge in [-0.3, -0.25) is 9.59 Å². The first-order chi connectivity index (χ1) is 12.6. The van der Waals surface area contributed by atoms with Gasteiger partial charge in [-0.15, -0.1) is 0 Å². The molecule has 0 fully saturated rings. The number of benzene rings is 1. The number of aromatic amines is 3. The van der Waals surface area contributed by atoms with Crippen LogP contribution in [0, 0.1) is 0 Å². The van der Waals surface area contributed by atoms with E-state index in [1.165, 1.54) is 6.08 Å². The van der Waals surface area contributed by atoms with Crippen LogP contribution in [0.1, 0.15) is 37.7 Å². The largest absolute Gasteiger partial charge is 0.398 e. The van der Waals surface area contributed by atoms with Gasteiger partial charge in [-0.1, -0.05) is 32.4 Å². The van der Waals surface area contributed by atoms with Crippen molar-refractivity contribution < 1.29 is 0 Å². The molecule has 0 unspecified atom stereocenters. The molecule has 1 aromatic carbocycles. The van der Waals surface area contributed by atoms with Gasteiger partial charge in [0.1, 0.15) is 10.7 Å². The zero-order chi connectivity index (χ0) is 19.8. The first kappa shape index (κ1) is 18.7. The molecule has 0 atom stereocenters. The van der Waals surface area contributed by atoms with Crippen LogP contribution >= 0.6 is 11.6 Å². The number of nitrogen functional groups attached to an aromatic ring is 1. The number of hydrogen-bond acceptors (Lipinski definition) is 4. The summed E-state index contributed by atoms with van der Waals surface area (Å²) in [5.41, 5.74) is 7.27. The van der Waals surface area contributed by atoms with Gasteiger partial charge in [0.05, 0.1) is 12.0 Å². The molecule has 140 valence electrons. The van der Waals surface area contributed by atoms with Crippen molar-refractivity contribution in [3.05, 3.63) is 77.9 Å². The van der Waals surface area contributed by atoms with E-state index in [0.717, 1.165) is 5.69 Å². The summed E-state index contributed by atoms with van der Waals surface area (Å²) in [5, 5.41) is 0.686. The van der Waals surface area contributed by atoms with Crippen molar-refractivity contribution in [3.63, 3.8) is 0 Å². The Morgan fingerprint density at radius 3 is 2.33 bits per heavy atom. The van der Waals surface area contributed by atoms with E-state index in [-0.39, 0.29) is 16.1 Å². The summed E-state index contributed by atoms with van der Waals surface area (Å²) in [6, 6.07) is 4.90. The second-order valence-corrected chi connectivity index (χ2v) is 7.65. The Bertz CT molecular complexity index is 1230. The van der Waals surface area contributed by atoms with Crippen molar-refractivity contribution in [1.29, 1.82) is 0 Å². The highest BCUT2D eigenvalue weighted by atomic mass is 35.5. The smallest absolute Gasteiger partial charge is 0.272 e. The molecule has 0 bridgehead atoms. The maximum absolute atomic E-state index is 12.4. The van der Waals surface area contributed by atoms with Crippen molar-refractivity contribution in [2.24, 2.45) is 0 Å². The molecular formula is C19H20ClN5O2. The zero-order valence-corrected chi connectivity index (χ0v) is 15.9. The van der Waals surface area contributed by atoms with Gasteiger partial charge in [-0.05, 0) is 30.4 Å². The van der Waals surface area contributed by atoms with Gasteiger partial charge in [-0.25, -0.2) is 4.98 Å². The first-order valence-electron chi connectivity index (χ1n) is 8.30. The highest BCUT2D eigenvalue weighted by Crippen LogP contribution is 2.22.